The minimum Gasteiger partial charge on any atom is -0.341 e. The van der Waals surface area contributed by atoms with Crippen LogP contribution < -0.4 is 0 Å². The van der Waals surface area contributed by atoms with Gasteiger partial charge in [0.15, 0.2) is 0 Å². The van der Waals surface area contributed by atoms with Gasteiger partial charge in [0.25, 0.3) is 0 Å². The van der Waals surface area contributed by atoms with Crippen LogP contribution in [-0.4, -0.2) is 17.9 Å². The number of nitrogens with zero attached hydrogens (tertiary/aromatic N) is 1. The molecule has 2 rings (SSSR count). The fourth-order valence-corrected chi connectivity index (χ4v) is 3.35. The summed E-state index contributed by atoms with van der Waals surface area (Å²) in [5.41, 5.74) is 1.17. The molecule has 0 aromatic heterocycles. The monoisotopic (exact) mass is 337 g/mol. The summed E-state index contributed by atoms with van der Waals surface area (Å²) in [5.74, 6) is 0.888. The van der Waals surface area contributed by atoms with Crippen LogP contribution in [0.2, 0.25) is 0 Å². The number of amides is 1. The second kappa shape index (κ2) is 7.82. The van der Waals surface area contributed by atoms with Crippen molar-refractivity contribution in [3.63, 3.8) is 0 Å². The number of rotatable bonds is 4. The Morgan fingerprint density at radius 2 is 1.85 bits per heavy atom. The molecule has 0 saturated heterocycles. The van der Waals surface area contributed by atoms with E-state index in [9.17, 15) is 4.79 Å². The molecule has 3 heteroatoms. The van der Waals surface area contributed by atoms with Crippen molar-refractivity contribution in [2.24, 2.45) is 5.92 Å². The first kappa shape index (κ1) is 15.6. The fourth-order valence-electron chi connectivity index (χ4n) is 2.94. The Kier molecular flexibility index (Phi) is 6.08. The quantitative estimate of drug-likeness (QED) is 0.724. The molecule has 1 aliphatic carbocycles. The zero-order valence-electron chi connectivity index (χ0n) is 12.3. The molecule has 0 atom stereocenters. The third kappa shape index (κ3) is 4.62. The van der Waals surface area contributed by atoms with Crippen LogP contribution in [0.3, 0.4) is 0 Å². The van der Waals surface area contributed by atoms with Crippen LogP contribution in [0.25, 0.3) is 0 Å². The van der Waals surface area contributed by atoms with Gasteiger partial charge in [-0.3, -0.25) is 4.79 Å². The number of hydrogen-bond donors (Lipinski definition) is 0. The van der Waals surface area contributed by atoms with Gasteiger partial charge in [-0.2, -0.15) is 0 Å². The maximum Gasteiger partial charge on any atom is 0.222 e. The molecule has 0 bridgehead atoms. The Bertz CT molecular complexity index is 438. The highest BCUT2D eigenvalue weighted by atomic mass is 79.9. The average molecular weight is 338 g/mol. The Morgan fingerprint density at radius 3 is 2.50 bits per heavy atom. The molecule has 110 valence electrons. The highest BCUT2D eigenvalue weighted by molar-refractivity contribution is 9.10. The lowest BCUT2D eigenvalue weighted by molar-refractivity contribution is -0.131. The molecule has 1 aliphatic rings. The zero-order chi connectivity index (χ0) is 14.4. The Balaban J connectivity index is 1.87. The highest BCUT2D eigenvalue weighted by Gasteiger charge is 2.18. The van der Waals surface area contributed by atoms with Crippen LogP contribution in [0.4, 0.5) is 0 Å². The van der Waals surface area contributed by atoms with Gasteiger partial charge in [0.1, 0.15) is 0 Å². The Hall–Kier alpha value is -0.830. The van der Waals surface area contributed by atoms with Gasteiger partial charge in [0, 0.05) is 24.5 Å². The molecule has 1 aromatic rings. The summed E-state index contributed by atoms with van der Waals surface area (Å²) in [6, 6.07) is 8.11. The molecule has 20 heavy (non-hydrogen) atoms. The normalized spacial score (nSPS) is 16.7. The molecule has 0 heterocycles. The molecule has 0 aliphatic heterocycles. The van der Waals surface area contributed by atoms with E-state index < -0.39 is 0 Å². The topological polar surface area (TPSA) is 20.3 Å². The largest absolute Gasteiger partial charge is 0.341 e. The first-order valence-corrected chi connectivity index (χ1v) is 8.43. The molecule has 0 radical (unpaired) electrons. The molecule has 1 fully saturated rings. The lowest BCUT2D eigenvalue weighted by atomic mass is 9.96. The smallest absolute Gasteiger partial charge is 0.222 e. The van der Waals surface area contributed by atoms with Crippen molar-refractivity contribution in [3.8, 4) is 0 Å². The molecule has 0 unspecified atom stereocenters. The summed E-state index contributed by atoms with van der Waals surface area (Å²) in [5, 5.41) is 0. The lowest BCUT2D eigenvalue weighted by Gasteiger charge is -2.21. The van der Waals surface area contributed by atoms with Crippen molar-refractivity contribution < 1.29 is 4.79 Å². The first-order valence-electron chi connectivity index (χ1n) is 7.64. The standard InChI is InChI=1S/C17H24BrNO/c1-19(13-15-10-6-7-11-16(15)18)17(20)12-14-8-4-2-3-5-9-14/h6-7,10-11,14H,2-5,8-9,12-13H2,1H3. The fraction of sp³-hybridized carbons (Fsp3) is 0.588. The van der Waals surface area contributed by atoms with Gasteiger partial charge < -0.3 is 4.90 Å². The van der Waals surface area contributed by atoms with Gasteiger partial charge in [-0.1, -0.05) is 59.8 Å². The van der Waals surface area contributed by atoms with Crippen LogP contribution in [0.5, 0.6) is 0 Å². The second-order valence-corrected chi connectivity index (χ2v) is 6.76. The van der Waals surface area contributed by atoms with Crippen molar-refractivity contribution in [1.29, 1.82) is 0 Å². The summed E-state index contributed by atoms with van der Waals surface area (Å²) < 4.78 is 1.08. The molecule has 1 amide bonds. The number of carbonyl (C=O) groups is 1. The van der Waals surface area contributed by atoms with Crippen molar-refractivity contribution in [3.05, 3.63) is 34.3 Å². The van der Waals surface area contributed by atoms with Gasteiger partial charge >= 0.3 is 0 Å². The second-order valence-electron chi connectivity index (χ2n) is 5.90. The van der Waals surface area contributed by atoms with E-state index in [4.69, 9.17) is 0 Å². The van der Waals surface area contributed by atoms with E-state index in [1.54, 1.807) is 0 Å². The SMILES string of the molecule is CN(Cc1ccccc1Br)C(=O)CC1CCCCCC1. The maximum atomic E-state index is 12.3. The van der Waals surface area contributed by atoms with E-state index in [-0.39, 0.29) is 5.91 Å². The number of halogens is 1. The van der Waals surface area contributed by atoms with Crippen molar-refractivity contribution in [2.45, 2.75) is 51.5 Å². The number of benzene rings is 1. The molecule has 0 N–H and O–H groups in total. The molecular weight excluding hydrogens is 314 g/mol. The summed E-state index contributed by atoms with van der Waals surface area (Å²) in [6.07, 6.45) is 8.47. The third-order valence-corrected chi connectivity index (χ3v) is 5.00. The summed E-state index contributed by atoms with van der Waals surface area (Å²) in [7, 11) is 1.92. The Morgan fingerprint density at radius 1 is 1.20 bits per heavy atom. The molecule has 2 nitrogen and oxygen atoms in total. The third-order valence-electron chi connectivity index (χ3n) is 4.23. The van der Waals surface area contributed by atoms with Crippen LogP contribution >= 0.6 is 15.9 Å². The zero-order valence-corrected chi connectivity index (χ0v) is 13.9. The van der Waals surface area contributed by atoms with Gasteiger partial charge in [-0.05, 0) is 30.4 Å². The average Bonchev–Trinajstić information content (AvgIpc) is 2.70. The van der Waals surface area contributed by atoms with E-state index in [1.807, 2.05) is 30.1 Å². The molecular formula is C17H24BrNO. The number of carbonyl (C=O) groups excluding carboxylic acids is 1. The summed E-state index contributed by atoms with van der Waals surface area (Å²) in [6.45, 7) is 0.687. The summed E-state index contributed by atoms with van der Waals surface area (Å²) in [4.78, 5) is 14.2. The number of hydrogen-bond acceptors (Lipinski definition) is 1. The lowest BCUT2D eigenvalue weighted by Crippen LogP contribution is -2.28. The van der Waals surface area contributed by atoms with E-state index in [0.29, 0.717) is 12.5 Å². The van der Waals surface area contributed by atoms with E-state index in [1.165, 1.54) is 44.1 Å². The van der Waals surface area contributed by atoms with E-state index in [2.05, 4.69) is 22.0 Å². The minimum absolute atomic E-state index is 0.285. The predicted octanol–water partition coefficient (Wildman–Crippen LogP) is 4.77. The van der Waals surface area contributed by atoms with Gasteiger partial charge in [0.05, 0.1) is 0 Å². The van der Waals surface area contributed by atoms with Crippen LogP contribution in [-0.2, 0) is 11.3 Å². The van der Waals surface area contributed by atoms with Crippen LogP contribution in [0, 0.1) is 5.92 Å². The molecule has 1 aromatic carbocycles. The van der Waals surface area contributed by atoms with E-state index in [0.717, 1.165) is 10.9 Å². The van der Waals surface area contributed by atoms with Gasteiger partial charge in [0.2, 0.25) is 5.91 Å². The predicted molar refractivity (Wildman–Crippen MR) is 86.4 cm³/mol. The summed E-state index contributed by atoms with van der Waals surface area (Å²) >= 11 is 3.54. The maximum absolute atomic E-state index is 12.3. The Labute approximate surface area is 130 Å². The van der Waals surface area contributed by atoms with Crippen LogP contribution in [0.15, 0.2) is 28.7 Å². The molecule has 0 spiro atoms. The molecule has 1 saturated carbocycles. The highest BCUT2D eigenvalue weighted by Crippen LogP contribution is 2.26. The van der Waals surface area contributed by atoms with Crippen molar-refractivity contribution in [1.82, 2.24) is 4.90 Å². The van der Waals surface area contributed by atoms with Crippen molar-refractivity contribution >= 4 is 21.8 Å². The van der Waals surface area contributed by atoms with Crippen LogP contribution in [0.1, 0.15) is 50.5 Å². The van der Waals surface area contributed by atoms with Gasteiger partial charge in [-0.25, -0.2) is 0 Å². The van der Waals surface area contributed by atoms with E-state index >= 15 is 0 Å². The first-order chi connectivity index (χ1) is 9.66. The van der Waals surface area contributed by atoms with Gasteiger partial charge in [-0.15, -0.1) is 0 Å². The van der Waals surface area contributed by atoms with Crippen molar-refractivity contribution in [2.75, 3.05) is 7.05 Å². The minimum atomic E-state index is 0.285.